The fourth-order valence-electron chi connectivity index (χ4n) is 1.68. The average Bonchev–Trinajstić information content (AvgIpc) is 2.23. The Labute approximate surface area is 97.9 Å². The summed E-state index contributed by atoms with van der Waals surface area (Å²) in [7, 11) is 4.03. The van der Waals surface area contributed by atoms with Gasteiger partial charge < -0.3 is 15.7 Å². The van der Waals surface area contributed by atoms with E-state index >= 15 is 0 Å². The number of phenolic OH excluding ortho intramolecular Hbond substituents is 1. The van der Waals surface area contributed by atoms with E-state index in [-0.39, 0.29) is 5.54 Å². The van der Waals surface area contributed by atoms with Gasteiger partial charge in [-0.15, -0.1) is 0 Å². The summed E-state index contributed by atoms with van der Waals surface area (Å²) in [5, 5.41) is 9.82. The van der Waals surface area contributed by atoms with E-state index < -0.39 is 0 Å². The SMILES string of the molecule is Cc1ccc(O)c(CC(C)(CN)N(C)C)c1. The fraction of sp³-hybridized carbons (Fsp3) is 0.538. The highest BCUT2D eigenvalue weighted by molar-refractivity contribution is 5.36. The Morgan fingerprint density at radius 2 is 2.00 bits per heavy atom. The third-order valence-corrected chi connectivity index (χ3v) is 3.33. The van der Waals surface area contributed by atoms with Crippen molar-refractivity contribution < 1.29 is 5.11 Å². The molecule has 16 heavy (non-hydrogen) atoms. The Morgan fingerprint density at radius 1 is 1.38 bits per heavy atom. The summed E-state index contributed by atoms with van der Waals surface area (Å²) >= 11 is 0. The van der Waals surface area contributed by atoms with Crippen LogP contribution >= 0.6 is 0 Å². The highest BCUT2D eigenvalue weighted by Crippen LogP contribution is 2.25. The first-order valence-electron chi connectivity index (χ1n) is 5.55. The molecule has 1 atom stereocenters. The maximum atomic E-state index is 9.82. The van der Waals surface area contributed by atoms with Gasteiger partial charge in [-0.1, -0.05) is 17.7 Å². The lowest BCUT2D eigenvalue weighted by molar-refractivity contribution is 0.179. The largest absolute Gasteiger partial charge is 0.508 e. The average molecular weight is 222 g/mol. The molecule has 0 bridgehead atoms. The Bertz CT molecular complexity index is 363. The van der Waals surface area contributed by atoms with Gasteiger partial charge in [0.15, 0.2) is 0 Å². The summed E-state index contributed by atoms with van der Waals surface area (Å²) in [5.74, 6) is 0.354. The molecule has 0 amide bonds. The minimum Gasteiger partial charge on any atom is -0.508 e. The van der Waals surface area contributed by atoms with E-state index in [0.717, 1.165) is 17.5 Å². The van der Waals surface area contributed by atoms with Crippen molar-refractivity contribution in [3.63, 3.8) is 0 Å². The van der Waals surface area contributed by atoms with Crippen molar-refractivity contribution in [3.8, 4) is 5.75 Å². The summed E-state index contributed by atoms with van der Waals surface area (Å²) in [4.78, 5) is 2.11. The van der Waals surface area contributed by atoms with Crippen LogP contribution in [-0.2, 0) is 6.42 Å². The van der Waals surface area contributed by atoms with E-state index in [2.05, 4.69) is 11.8 Å². The molecule has 0 aliphatic rings. The number of phenols is 1. The van der Waals surface area contributed by atoms with Gasteiger partial charge in [0.2, 0.25) is 0 Å². The minimum atomic E-state index is -0.120. The van der Waals surface area contributed by atoms with Crippen molar-refractivity contribution in [1.29, 1.82) is 0 Å². The van der Waals surface area contributed by atoms with Crippen molar-refractivity contribution in [2.75, 3.05) is 20.6 Å². The van der Waals surface area contributed by atoms with Crippen LogP contribution < -0.4 is 5.73 Å². The van der Waals surface area contributed by atoms with Crippen molar-refractivity contribution in [2.24, 2.45) is 5.73 Å². The van der Waals surface area contributed by atoms with Crippen LogP contribution in [0.1, 0.15) is 18.1 Å². The van der Waals surface area contributed by atoms with Crippen LogP contribution in [0.2, 0.25) is 0 Å². The number of aromatic hydroxyl groups is 1. The number of benzene rings is 1. The molecular formula is C13H22N2O. The summed E-state index contributed by atoms with van der Waals surface area (Å²) < 4.78 is 0. The van der Waals surface area contributed by atoms with Crippen molar-refractivity contribution in [1.82, 2.24) is 4.90 Å². The van der Waals surface area contributed by atoms with Gasteiger partial charge in [-0.25, -0.2) is 0 Å². The smallest absolute Gasteiger partial charge is 0.118 e. The molecule has 0 aliphatic heterocycles. The molecule has 0 heterocycles. The van der Waals surface area contributed by atoms with Crippen molar-refractivity contribution >= 4 is 0 Å². The molecule has 90 valence electrons. The van der Waals surface area contributed by atoms with E-state index in [9.17, 15) is 5.11 Å². The summed E-state index contributed by atoms with van der Waals surface area (Å²) in [6.07, 6.45) is 0.754. The van der Waals surface area contributed by atoms with Crippen LogP contribution in [0.4, 0.5) is 0 Å². The quantitative estimate of drug-likeness (QED) is 0.812. The number of nitrogens with zero attached hydrogens (tertiary/aromatic N) is 1. The van der Waals surface area contributed by atoms with Crippen LogP contribution in [0.15, 0.2) is 18.2 Å². The third-order valence-electron chi connectivity index (χ3n) is 3.33. The second-order valence-electron chi connectivity index (χ2n) is 4.90. The Hall–Kier alpha value is -1.06. The molecule has 0 aliphatic carbocycles. The first-order chi connectivity index (χ1) is 7.39. The van der Waals surface area contributed by atoms with Crippen molar-refractivity contribution in [2.45, 2.75) is 25.8 Å². The monoisotopic (exact) mass is 222 g/mol. The van der Waals surface area contributed by atoms with Gasteiger partial charge in [0, 0.05) is 12.1 Å². The molecule has 0 saturated heterocycles. The lowest BCUT2D eigenvalue weighted by atomic mass is 9.90. The predicted octanol–water partition coefficient (Wildman–Crippen LogP) is 1.52. The molecule has 3 N–H and O–H groups in total. The third kappa shape index (κ3) is 2.74. The van der Waals surface area contributed by atoms with Crippen LogP contribution in [-0.4, -0.2) is 36.2 Å². The molecular weight excluding hydrogens is 200 g/mol. The lowest BCUT2D eigenvalue weighted by Gasteiger charge is -2.35. The molecule has 0 saturated carbocycles. The molecule has 0 spiro atoms. The first-order valence-corrected chi connectivity index (χ1v) is 5.55. The van der Waals surface area contributed by atoms with Gasteiger partial charge in [0.05, 0.1) is 0 Å². The minimum absolute atomic E-state index is 0.120. The summed E-state index contributed by atoms with van der Waals surface area (Å²) in [6, 6.07) is 5.68. The summed E-state index contributed by atoms with van der Waals surface area (Å²) in [6.45, 7) is 4.69. The fourth-order valence-corrected chi connectivity index (χ4v) is 1.68. The number of hydrogen-bond donors (Lipinski definition) is 2. The number of rotatable bonds is 4. The zero-order valence-corrected chi connectivity index (χ0v) is 10.6. The van der Waals surface area contributed by atoms with Crippen LogP contribution in [0, 0.1) is 6.92 Å². The molecule has 1 unspecified atom stereocenters. The highest BCUT2D eigenvalue weighted by atomic mass is 16.3. The lowest BCUT2D eigenvalue weighted by Crippen LogP contribution is -2.49. The standard InChI is InChI=1S/C13H22N2O/c1-10-5-6-12(16)11(7-10)8-13(2,9-14)15(3)4/h5-7,16H,8-9,14H2,1-4H3. The maximum Gasteiger partial charge on any atom is 0.118 e. The Morgan fingerprint density at radius 3 is 2.50 bits per heavy atom. The maximum absolute atomic E-state index is 9.82. The highest BCUT2D eigenvalue weighted by Gasteiger charge is 2.26. The van der Waals surface area contributed by atoms with E-state index in [1.54, 1.807) is 6.07 Å². The topological polar surface area (TPSA) is 49.5 Å². The Balaban J connectivity index is 2.98. The van der Waals surface area contributed by atoms with Crippen LogP contribution in [0.5, 0.6) is 5.75 Å². The number of likely N-dealkylation sites (N-methyl/N-ethyl adjacent to an activating group) is 1. The Kier molecular flexibility index (Phi) is 3.94. The molecule has 1 aromatic rings. The molecule has 0 aromatic heterocycles. The van der Waals surface area contributed by atoms with Gasteiger partial charge in [-0.2, -0.15) is 0 Å². The van der Waals surface area contributed by atoms with Gasteiger partial charge in [0.25, 0.3) is 0 Å². The van der Waals surface area contributed by atoms with Gasteiger partial charge >= 0.3 is 0 Å². The second kappa shape index (κ2) is 4.85. The van der Waals surface area contributed by atoms with Gasteiger partial charge in [-0.3, -0.25) is 0 Å². The zero-order valence-electron chi connectivity index (χ0n) is 10.6. The second-order valence-corrected chi connectivity index (χ2v) is 4.90. The van der Waals surface area contributed by atoms with E-state index in [0.29, 0.717) is 12.3 Å². The molecule has 0 radical (unpaired) electrons. The number of nitrogens with two attached hydrogens (primary N) is 1. The molecule has 1 aromatic carbocycles. The predicted molar refractivity (Wildman–Crippen MR) is 67.7 cm³/mol. The van der Waals surface area contributed by atoms with Crippen LogP contribution in [0.3, 0.4) is 0 Å². The van der Waals surface area contributed by atoms with Gasteiger partial charge in [0.1, 0.15) is 5.75 Å². The van der Waals surface area contributed by atoms with E-state index in [1.165, 1.54) is 0 Å². The normalized spacial score (nSPS) is 15.1. The molecule has 0 fully saturated rings. The first kappa shape index (κ1) is 13.0. The number of aryl methyl sites for hydroxylation is 1. The molecule has 1 rings (SSSR count). The van der Waals surface area contributed by atoms with Crippen LogP contribution in [0.25, 0.3) is 0 Å². The molecule has 3 nitrogen and oxygen atoms in total. The van der Waals surface area contributed by atoms with E-state index in [4.69, 9.17) is 5.73 Å². The number of hydrogen-bond acceptors (Lipinski definition) is 3. The summed E-state index contributed by atoms with van der Waals surface area (Å²) in [5.41, 5.74) is 7.82. The zero-order chi connectivity index (χ0) is 12.3. The van der Waals surface area contributed by atoms with Crippen molar-refractivity contribution in [3.05, 3.63) is 29.3 Å². The van der Waals surface area contributed by atoms with Gasteiger partial charge in [-0.05, 0) is 46.0 Å². The molecule has 3 heteroatoms. The van der Waals surface area contributed by atoms with E-state index in [1.807, 2.05) is 33.2 Å².